The van der Waals surface area contributed by atoms with Gasteiger partial charge in [0.1, 0.15) is 6.04 Å². The fourth-order valence-corrected chi connectivity index (χ4v) is 5.45. The number of Topliss-reactive ketones (excluding diaryl/α,β-unsaturated/α-hetero) is 1. The molecular weight excluding hydrogens is 651 g/mol. The van der Waals surface area contributed by atoms with Crippen LogP contribution in [0.4, 0.5) is 0 Å². The quantitative estimate of drug-likeness (QED) is 0.0828. The van der Waals surface area contributed by atoms with E-state index in [1.165, 1.54) is 24.3 Å². The maximum Gasteiger partial charge on any atom is 0.331 e. The SMILES string of the molecule is C/C=C(\C)CC(NC(=O)C1CCCCN1C(C)CC)C(=O)N(C)C/C=C(\C)C(=O)O.C/C=C\C=CC(C)/C=C(\C)C(=O)CC(C)C/C=C\C.CCC. The van der Waals surface area contributed by atoms with Crippen LogP contribution < -0.4 is 5.32 Å². The van der Waals surface area contributed by atoms with Gasteiger partial charge < -0.3 is 15.3 Å². The Hall–Kier alpha value is -3.52. The Balaban J connectivity index is 0. The molecule has 8 nitrogen and oxygen atoms in total. The molecule has 52 heavy (non-hydrogen) atoms. The van der Waals surface area contributed by atoms with Crippen molar-refractivity contribution in [2.24, 2.45) is 11.8 Å². The Morgan fingerprint density at radius 2 is 1.56 bits per heavy atom. The van der Waals surface area contributed by atoms with Crippen LogP contribution in [0.25, 0.3) is 0 Å². The van der Waals surface area contributed by atoms with Crippen molar-refractivity contribution in [3.8, 4) is 0 Å². The summed E-state index contributed by atoms with van der Waals surface area (Å²) in [6, 6.07) is -0.563. The van der Waals surface area contributed by atoms with Crippen molar-refractivity contribution < 1.29 is 24.3 Å². The third-order valence-electron chi connectivity index (χ3n) is 9.00. The summed E-state index contributed by atoms with van der Waals surface area (Å²) in [5.41, 5.74) is 2.08. The van der Waals surface area contributed by atoms with Gasteiger partial charge in [0.25, 0.3) is 0 Å². The van der Waals surface area contributed by atoms with Crippen LogP contribution in [0.1, 0.15) is 134 Å². The van der Waals surface area contributed by atoms with Gasteiger partial charge in [-0.1, -0.05) is 108 Å². The lowest BCUT2D eigenvalue weighted by molar-refractivity contribution is -0.137. The number of hydrogen-bond donors (Lipinski definition) is 2. The van der Waals surface area contributed by atoms with Crippen LogP contribution in [-0.4, -0.2) is 76.7 Å². The highest BCUT2D eigenvalue weighted by atomic mass is 16.4. The van der Waals surface area contributed by atoms with Crippen LogP contribution in [-0.2, 0) is 19.2 Å². The molecule has 0 radical (unpaired) electrons. The maximum atomic E-state index is 13.2. The first kappa shape index (κ1) is 50.6. The lowest BCUT2D eigenvalue weighted by atomic mass is 9.95. The van der Waals surface area contributed by atoms with Gasteiger partial charge in [-0.3, -0.25) is 19.3 Å². The minimum absolute atomic E-state index is 0.0945. The largest absolute Gasteiger partial charge is 0.478 e. The van der Waals surface area contributed by atoms with Gasteiger partial charge in [0.05, 0.1) is 6.04 Å². The van der Waals surface area contributed by atoms with Gasteiger partial charge in [0.2, 0.25) is 11.8 Å². The highest BCUT2D eigenvalue weighted by molar-refractivity contribution is 5.95. The lowest BCUT2D eigenvalue weighted by Gasteiger charge is -2.39. The summed E-state index contributed by atoms with van der Waals surface area (Å²) < 4.78 is 0. The third kappa shape index (κ3) is 22.4. The number of nitrogens with one attached hydrogen (secondary N) is 1. The molecule has 0 saturated carbocycles. The first-order valence-corrected chi connectivity index (χ1v) is 19.5. The smallest absolute Gasteiger partial charge is 0.331 e. The molecule has 296 valence electrons. The molecule has 0 aromatic rings. The molecule has 5 atom stereocenters. The van der Waals surface area contributed by atoms with Gasteiger partial charge >= 0.3 is 5.97 Å². The first-order chi connectivity index (χ1) is 24.5. The summed E-state index contributed by atoms with van der Waals surface area (Å²) in [5, 5.41) is 12.0. The number of carboxylic acid groups (broad SMARTS) is 1. The van der Waals surface area contributed by atoms with E-state index < -0.39 is 12.0 Å². The van der Waals surface area contributed by atoms with Crippen LogP contribution >= 0.6 is 0 Å². The molecule has 5 unspecified atom stereocenters. The minimum Gasteiger partial charge on any atom is -0.478 e. The summed E-state index contributed by atoms with van der Waals surface area (Å²) in [6.07, 6.45) is 24.9. The topological polar surface area (TPSA) is 107 Å². The number of nitrogens with zero attached hydrogens (tertiary/aromatic N) is 2. The fourth-order valence-electron chi connectivity index (χ4n) is 5.45. The van der Waals surface area contributed by atoms with Crippen molar-refractivity contribution in [1.29, 1.82) is 0 Å². The number of likely N-dealkylation sites (tertiary alicyclic amines) is 1. The van der Waals surface area contributed by atoms with E-state index in [0.29, 0.717) is 30.7 Å². The molecule has 1 rings (SSSR count). The van der Waals surface area contributed by atoms with E-state index >= 15 is 0 Å². The van der Waals surface area contributed by atoms with E-state index in [9.17, 15) is 19.2 Å². The van der Waals surface area contributed by atoms with Crippen molar-refractivity contribution >= 4 is 23.6 Å². The monoisotopic (exact) mass is 726 g/mol. The van der Waals surface area contributed by atoms with E-state index in [0.717, 1.165) is 49.8 Å². The second-order valence-corrected chi connectivity index (χ2v) is 14.2. The van der Waals surface area contributed by atoms with E-state index in [2.05, 4.69) is 63.9 Å². The average molecular weight is 726 g/mol. The Morgan fingerprint density at radius 3 is 2.10 bits per heavy atom. The van der Waals surface area contributed by atoms with Crippen LogP contribution in [0.3, 0.4) is 0 Å². The average Bonchev–Trinajstić information content (AvgIpc) is 3.12. The summed E-state index contributed by atoms with van der Waals surface area (Å²) in [6.45, 7) is 25.1. The Labute approximate surface area is 318 Å². The predicted octanol–water partition coefficient (Wildman–Crippen LogP) is 9.65. The number of ketones is 1. The molecule has 0 aromatic heterocycles. The zero-order valence-electron chi connectivity index (χ0n) is 35.1. The zero-order valence-corrected chi connectivity index (χ0v) is 35.1. The number of likely N-dealkylation sites (N-methyl/N-ethyl adjacent to an activating group) is 1. The number of carbonyl (C=O) groups is 4. The molecule has 0 aromatic carbocycles. The first-order valence-electron chi connectivity index (χ1n) is 19.5. The third-order valence-corrected chi connectivity index (χ3v) is 9.00. The molecule has 0 bridgehead atoms. The molecule has 1 aliphatic heterocycles. The number of piperidine rings is 1. The van der Waals surface area contributed by atoms with E-state index in [-0.39, 0.29) is 35.8 Å². The summed E-state index contributed by atoms with van der Waals surface area (Å²) in [4.78, 5) is 53.0. The molecule has 2 N–H and O–H groups in total. The molecule has 0 aliphatic carbocycles. The summed E-state index contributed by atoms with van der Waals surface area (Å²) >= 11 is 0. The van der Waals surface area contributed by atoms with E-state index in [4.69, 9.17) is 5.11 Å². The Morgan fingerprint density at radius 1 is 0.923 bits per heavy atom. The number of hydrogen-bond acceptors (Lipinski definition) is 5. The number of rotatable bonds is 18. The molecule has 1 saturated heterocycles. The normalized spacial score (nSPS) is 18.2. The van der Waals surface area contributed by atoms with Crippen molar-refractivity contribution in [3.05, 3.63) is 71.4 Å². The van der Waals surface area contributed by atoms with Gasteiger partial charge in [-0.2, -0.15) is 0 Å². The fraction of sp³-hybridized carbons (Fsp3) is 0.636. The Kier molecular flexibility index (Phi) is 29.2. The molecule has 0 spiro atoms. The highest BCUT2D eigenvalue weighted by Gasteiger charge is 2.34. The summed E-state index contributed by atoms with van der Waals surface area (Å²) in [7, 11) is 1.63. The molecule has 8 heteroatoms. The standard InChI is InChI=1S/C23H39N3O4.C18H28O.C3H8/c1-7-16(3)15-19(22(28)25(6)14-12-17(4)23(29)30)24-21(27)20-11-9-10-13-26(20)18(5)8-2;1-6-8-10-12-15(3)13-17(5)18(19)14-16(4)11-9-7-2;1-3-2/h7,12,18-20H,8-11,13-15H2,1-6H3,(H,24,27)(H,29,30);6-10,12-13,15-16H,11,14H2,1-5H3;3H2,1-2H3/b16-7+,17-12+;8-6-,9-7-,12-10?,17-13+;. The molecule has 1 heterocycles. The lowest BCUT2D eigenvalue weighted by Crippen LogP contribution is -2.56. The molecule has 2 amide bonds. The van der Waals surface area contributed by atoms with Crippen molar-refractivity contribution in [1.82, 2.24) is 15.1 Å². The van der Waals surface area contributed by atoms with Gasteiger partial charge in [-0.25, -0.2) is 4.79 Å². The van der Waals surface area contributed by atoms with Crippen LogP contribution in [0.5, 0.6) is 0 Å². The van der Waals surface area contributed by atoms with Crippen LogP contribution in [0, 0.1) is 11.8 Å². The Bertz CT molecular complexity index is 1240. The second-order valence-electron chi connectivity index (χ2n) is 14.2. The summed E-state index contributed by atoms with van der Waals surface area (Å²) in [5.74, 6) is -0.337. The maximum absolute atomic E-state index is 13.2. The van der Waals surface area contributed by atoms with Gasteiger partial charge in [-0.05, 0) is 105 Å². The molecule has 1 fully saturated rings. The number of carboxylic acids is 1. The van der Waals surface area contributed by atoms with Crippen molar-refractivity contribution in [2.45, 2.75) is 153 Å². The van der Waals surface area contributed by atoms with Crippen LogP contribution in [0.2, 0.25) is 0 Å². The predicted molar refractivity (Wildman–Crippen MR) is 220 cm³/mol. The highest BCUT2D eigenvalue weighted by Crippen LogP contribution is 2.22. The van der Waals surface area contributed by atoms with E-state index in [1.54, 1.807) is 7.05 Å². The number of carbonyl (C=O) groups excluding carboxylic acids is 3. The van der Waals surface area contributed by atoms with Gasteiger partial charge in [0.15, 0.2) is 5.78 Å². The minimum atomic E-state index is -1.01. The molecular formula is C44H75N3O5. The number of allylic oxidation sites excluding steroid dienone is 9. The second kappa shape index (κ2) is 30.0. The number of amides is 2. The van der Waals surface area contributed by atoms with Gasteiger partial charge in [0, 0.05) is 31.6 Å². The van der Waals surface area contributed by atoms with Crippen molar-refractivity contribution in [2.75, 3.05) is 20.1 Å². The van der Waals surface area contributed by atoms with E-state index in [1.807, 2.05) is 71.1 Å². The molecule has 1 aliphatic rings. The zero-order chi connectivity index (χ0) is 40.2. The number of aliphatic carboxylic acids is 1. The van der Waals surface area contributed by atoms with Gasteiger partial charge in [-0.15, -0.1) is 0 Å². The van der Waals surface area contributed by atoms with Crippen molar-refractivity contribution in [3.63, 3.8) is 0 Å². The van der Waals surface area contributed by atoms with Crippen LogP contribution in [0.15, 0.2) is 71.4 Å².